The smallest absolute Gasteiger partial charge is 0.151 e. The number of hydrogen-bond donors (Lipinski definition) is 1. The quantitative estimate of drug-likeness (QED) is 0.652. The van der Waals surface area contributed by atoms with Crippen molar-refractivity contribution in [2.45, 2.75) is 4.34 Å². The van der Waals surface area contributed by atoms with Gasteiger partial charge in [0.25, 0.3) is 0 Å². The summed E-state index contributed by atoms with van der Waals surface area (Å²) in [4.78, 5) is 4.56. The maximum atomic E-state index is 4.56. The van der Waals surface area contributed by atoms with Crippen LogP contribution in [0, 0.1) is 0 Å². The van der Waals surface area contributed by atoms with Gasteiger partial charge in [0.15, 0.2) is 4.34 Å². The van der Waals surface area contributed by atoms with E-state index in [2.05, 4.69) is 35.1 Å². The third kappa shape index (κ3) is 2.84. The molecule has 2 rings (SSSR count). The highest BCUT2D eigenvalue weighted by atomic mass is 32.2. The van der Waals surface area contributed by atoms with Crippen LogP contribution in [-0.4, -0.2) is 24.3 Å². The molecule has 0 radical (unpaired) electrons. The molecule has 1 heterocycles. The Morgan fingerprint density at radius 1 is 1.50 bits per heavy atom. The molecule has 1 N–H and O–H groups in total. The molecule has 0 aliphatic heterocycles. The van der Waals surface area contributed by atoms with E-state index in [1.807, 2.05) is 13.1 Å². The Kier molecular flexibility index (Phi) is 3.98. The summed E-state index contributed by atoms with van der Waals surface area (Å²) >= 11 is 3.51. The maximum Gasteiger partial charge on any atom is 0.151 e. The van der Waals surface area contributed by atoms with Gasteiger partial charge in [-0.15, -0.1) is 11.3 Å². The number of para-hydroxylation sites is 1. The number of thiazole rings is 1. The first-order valence-electron chi connectivity index (χ1n) is 5.09. The molecule has 1 aromatic heterocycles. The lowest BCUT2D eigenvalue weighted by molar-refractivity contribution is 0.885. The van der Waals surface area contributed by atoms with E-state index in [0.717, 1.165) is 22.2 Å². The van der Waals surface area contributed by atoms with Gasteiger partial charge in [-0.2, -0.15) is 0 Å². The van der Waals surface area contributed by atoms with Crippen LogP contribution < -0.4 is 5.32 Å². The highest BCUT2D eigenvalue weighted by molar-refractivity contribution is 8.01. The minimum Gasteiger partial charge on any atom is -0.316 e. The van der Waals surface area contributed by atoms with E-state index in [4.69, 9.17) is 0 Å². The third-order valence-corrected chi connectivity index (χ3v) is 4.43. The van der Waals surface area contributed by atoms with E-state index in [-0.39, 0.29) is 0 Å². The molecule has 4 heteroatoms. The average Bonchev–Trinajstić information content (AvgIpc) is 2.69. The van der Waals surface area contributed by atoms with Crippen molar-refractivity contribution >= 4 is 33.3 Å². The summed E-state index contributed by atoms with van der Waals surface area (Å²) in [5, 5.41) is 3.10. The average molecular weight is 250 g/mol. The van der Waals surface area contributed by atoms with Gasteiger partial charge in [-0.05, 0) is 19.2 Å². The van der Waals surface area contributed by atoms with Gasteiger partial charge < -0.3 is 5.32 Å². The highest BCUT2D eigenvalue weighted by Gasteiger charge is 2.03. The number of likely N-dealkylation sites (N-methyl/N-ethyl adjacent to an activating group) is 1. The molecular formula is C12H14N2S2. The molecule has 1 aromatic carbocycles. The van der Waals surface area contributed by atoms with Crippen molar-refractivity contribution in [1.29, 1.82) is 0 Å². The lowest BCUT2D eigenvalue weighted by atomic mass is 10.3. The van der Waals surface area contributed by atoms with Gasteiger partial charge in [-0.25, -0.2) is 4.98 Å². The molecule has 0 atom stereocenters. The molecule has 2 nitrogen and oxygen atoms in total. The molecule has 0 aliphatic rings. The summed E-state index contributed by atoms with van der Waals surface area (Å²) in [6, 6.07) is 8.24. The first-order valence-corrected chi connectivity index (χ1v) is 6.89. The second-order valence-electron chi connectivity index (χ2n) is 3.52. The van der Waals surface area contributed by atoms with Gasteiger partial charge in [-0.3, -0.25) is 0 Å². The zero-order valence-electron chi connectivity index (χ0n) is 9.19. The van der Waals surface area contributed by atoms with Crippen molar-refractivity contribution in [3.8, 4) is 0 Å². The van der Waals surface area contributed by atoms with Crippen LogP contribution in [0.1, 0.15) is 0 Å². The van der Waals surface area contributed by atoms with Crippen molar-refractivity contribution in [2.24, 2.45) is 0 Å². The van der Waals surface area contributed by atoms with Crippen LogP contribution in [0.3, 0.4) is 0 Å². The molecule has 0 spiro atoms. The number of nitrogens with zero attached hydrogens (tertiary/aromatic N) is 1. The monoisotopic (exact) mass is 250 g/mol. The summed E-state index contributed by atoms with van der Waals surface area (Å²) in [6.45, 7) is 4.88. The zero-order chi connectivity index (χ0) is 11.4. The summed E-state index contributed by atoms with van der Waals surface area (Å²) in [5.41, 5.74) is 2.29. The third-order valence-electron chi connectivity index (χ3n) is 2.10. The van der Waals surface area contributed by atoms with Gasteiger partial charge in [0.1, 0.15) is 0 Å². The number of benzene rings is 1. The van der Waals surface area contributed by atoms with Crippen molar-refractivity contribution in [1.82, 2.24) is 10.3 Å². The summed E-state index contributed by atoms with van der Waals surface area (Å²) in [5.74, 6) is 0.931. The number of rotatable bonds is 5. The maximum absolute atomic E-state index is 4.56. The van der Waals surface area contributed by atoms with Crippen molar-refractivity contribution in [2.75, 3.05) is 19.3 Å². The van der Waals surface area contributed by atoms with Crippen LogP contribution in [0.25, 0.3) is 10.2 Å². The number of aromatic nitrogens is 1. The lowest BCUT2D eigenvalue weighted by Crippen LogP contribution is -2.10. The van der Waals surface area contributed by atoms with Crippen molar-refractivity contribution < 1.29 is 0 Å². The Morgan fingerprint density at radius 3 is 3.06 bits per heavy atom. The second-order valence-corrected chi connectivity index (χ2v) is 5.77. The molecule has 2 aromatic rings. The molecule has 0 unspecified atom stereocenters. The van der Waals surface area contributed by atoms with E-state index in [0.29, 0.717) is 0 Å². The van der Waals surface area contributed by atoms with E-state index in [1.54, 1.807) is 23.1 Å². The fourth-order valence-corrected chi connectivity index (χ4v) is 3.35. The van der Waals surface area contributed by atoms with Crippen LogP contribution in [0.4, 0.5) is 0 Å². The minimum absolute atomic E-state index is 0.873. The SMILES string of the molecule is C=C(CNC)CSc1nc2ccccc2s1. The Balaban J connectivity index is 2.02. The molecule has 84 valence electrons. The van der Waals surface area contributed by atoms with Gasteiger partial charge >= 0.3 is 0 Å². The summed E-state index contributed by atoms with van der Waals surface area (Å²) < 4.78 is 2.38. The van der Waals surface area contributed by atoms with Crippen molar-refractivity contribution in [3.63, 3.8) is 0 Å². The standard InChI is InChI=1S/C12H14N2S2/c1-9(7-13-2)8-15-12-14-10-5-3-4-6-11(10)16-12/h3-6,13H,1,7-8H2,2H3. The predicted molar refractivity (Wildman–Crippen MR) is 73.4 cm³/mol. The first-order chi connectivity index (χ1) is 7.79. The summed E-state index contributed by atoms with van der Waals surface area (Å²) in [7, 11) is 1.94. The van der Waals surface area contributed by atoms with Crippen LogP contribution in [0.15, 0.2) is 40.8 Å². The number of fused-ring (bicyclic) bond motifs is 1. The molecule has 0 aliphatic carbocycles. The van der Waals surface area contributed by atoms with Crippen molar-refractivity contribution in [3.05, 3.63) is 36.4 Å². The molecule has 0 saturated heterocycles. The number of nitrogens with one attached hydrogen (secondary N) is 1. The van der Waals surface area contributed by atoms with E-state index >= 15 is 0 Å². The Hall–Kier alpha value is -0.840. The Morgan fingerprint density at radius 2 is 2.31 bits per heavy atom. The van der Waals surface area contributed by atoms with E-state index in [1.165, 1.54) is 10.3 Å². The molecule has 0 saturated carbocycles. The first kappa shape index (κ1) is 11.6. The van der Waals surface area contributed by atoms with Gasteiger partial charge in [0.2, 0.25) is 0 Å². The predicted octanol–water partition coefficient (Wildman–Crippen LogP) is 3.16. The molecule has 0 fully saturated rings. The fraction of sp³-hybridized carbons (Fsp3) is 0.250. The largest absolute Gasteiger partial charge is 0.316 e. The second kappa shape index (κ2) is 5.48. The highest BCUT2D eigenvalue weighted by Crippen LogP contribution is 2.29. The van der Waals surface area contributed by atoms with Gasteiger partial charge in [0, 0.05) is 12.3 Å². The molecule has 0 bridgehead atoms. The fourth-order valence-electron chi connectivity index (χ4n) is 1.38. The van der Waals surface area contributed by atoms with Crippen LogP contribution in [0.2, 0.25) is 0 Å². The summed E-state index contributed by atoms with van der Waals surface area (Å²) in [6.07, 6.45) is 0. The van der Waals surface area contributed by atoms with Crippen LogP contribution in [0.5, 0.6) is 0 Å². The normalized spacial score (nSPS) is 10.8. The number of thioether (sulfide) groups is 1. The zero-order valence-corrected chi connectivity index (χ0v) is 10.8. The van der Waals surface area contributed by atoms with Gasteiger partial charge in [0.05, 0.1) is 10.2 Å². The van der Waals surface area contributed by atoms with Crippen LogP contribution in [-0.2, 0) is 0 Å². The topological polar surface area (TPSA) is 24.9 Å². The van der Waals surface area contributed by atoms with E-state index in [9.17, 15) is 0 Å². The van der Waals surface area contributed by atoms with E-state index < -0.39 is 0 Å². The van der Waals surface area contributed by atoms with Crippen LogP contribution >= 0.6 is 23.1 Å². The van der Waals surface area contributed by atoms with Gasteiger partial charge in [-0.1, -0.05) is 36.0 Å². The lowest BCUT2D eigenvalue weighted by Gasteiger charge is -2.01. The minimum atomic E-state index is 0.873. The Labute approximate surface area is 104 Å². The molecule has 0 amide bonds. The molecular weight excluding hydrogens is 236 g/mol. The Bertz CT molecular complexity index is 457. The number of hydrogen-bond acceptors (Lipinski definition) is 4. The molecule has 16 heavy (non-hydrogen) atoms.